The second-order valence-electron chi connectivity index (χ2n) is 5.22. The highest BCUT2D eigenvalue weighted by molar-refractivity contribution is 5.77. The Morgan fingerprint density at radius 1 is 1.24 bits per heavy atom. The molecular formula is C17H18N2O2. The summed E-state index contributed by atoms with van der Waals surface area (Å²) in [4.78, 5) is 12.0. The van der Waals surface area contributed by atoms with Crippen molar-refractivity contribution < 1.29 is 4.42 Å². The molecule has 21 heavy (non-hydrogen) atoms. The van der Waals surface area contributed by atoms with Crippen molar-refractivity contribution in [2.45, 2.75) is 19.5 Å². The molecule has 4 nitrogen and oxygen atoms in total. The van der Waals surface area contributed by atoms with Crippen molar-refractivity contribution in [1.29, 1.82) is 0 Å². The second-order valence-corrected chi connectivity index (χ2v) is 5.22. The number of nitrogens with zero attached hydrogens (tertiary/aromatic N) is 1. The van der Waals surface area contributed by atoms with Crippen LogP contribution in [0.1, 0.15) is 17.4 Å². The molecule has 0 saturated carbocycles. The molecule has 4 heteroatoms. The fraction of sp³-hybridized carbons (Fsp3) is 0.235. The molecule has 3 rings (SSSR count). The summed E-state index contributed by atoms with van der Waals surface area (Å²) in [6.45, 7) is 2.45. The third kappa shape index (κ3) is 2.76. The van der Waals surface area contributed by atoms with Gasteiger partial charge in [0.05, 0.1) is 6.04 Å². The Morgan fingerprint density at radius 3 is 2.76 bits per heavy atom. The minimum Gasteiger partial charge on any atom is -0.459 e. The normalized spacial score (nSPS) is 12.7. The van der Waals surface area contributed by atoms with Crippen molar-refractivity contribution in [2.75, 3.05) is 7.05 Å². The smallest absolute Gasteiger partial charge is 0.250 e. The van der Waals surface area contributed by atoms with Gasteiger partial charge in [0.15, 0.2) is 0 Å². The maximum Gasteiger partial charge on any atom is 0.250 e. The summed E-state index contributed by atoms with van der Waals surface area (Å²) in [7, 11) is 1.87. The second kappa shape index (κ2) is 5.58. The van der Waals surface area contributed by atoms with E-state index in [1.54, 1.807) is 10.6 Å². The maximum atomic E-state index is 12.0. The summed E-state index contributed by atoms with van der Waals surface area (Å²) < 4.78 is 7.57. The van der Waals surface area contributed by atoms with E-state index in [2.05, 4.69) is 5.32 Å². The van der Waals surface area contributed by atoms with Crippen LogP contribution in [-0.4, -0.2) is 11.6 Å². The molecule has 1 atom stereocenters. The number of aryl methyl sites for hydroxylation is 1. The number of pyridine rings is 1. The van der Waals surface area contributed by atoms with Crippen LogP contribution in [-0.2, 0) is 6.54 Å². The molecule has 2 heterocycles. The van der Waals surface area contributed by atoms with Crippen LogP contribution in [0.3, 0.4) is 0 Å². The van der Waals surface area contributed by atoms with Gasteiger partial charge in [0.1, 0.15) is 11.3 Å². The number of para-hydroxylation sites is 1. The SMILES string of the molecule is CNC(Cn1ccc(C)cc1=O)c1cc2ccccc2o1. The summed E-state index contributed by atoms with van der Waals surface area (Å²) in [6.07, 6.45) is 1.82. The van der Waals surface area contributed by atoms with Crippen molar-refractivity contribution in [1.82, 2.24) is 9.88 Å². The Hall–Kier alpha value is -2.33. The molecule has 0 saturated heterocycles. The number of aromatic nitrogens is 1. The Balaban J connectivity index is 1.92. The molecule has 3 aromatic rings. The quantitative estimate of drug-likeness (QED) is 0.800. The molecule has 108 valence electrons. The summed E-state index contributed by atoms with van der Waals surface area (Å²) in [5.74, 6) is 0.839. The minimum atomic E-state index is -0.0437. The lowest BCUT2D eigenvalue weighted by atomic mass is 10.2. The molecule has 0 aliphatic rings. The highest BCUT2D eigenvalue weighted by Crippen LogP contribution is 2.24. The van der Waals surface area contributed by atoms with Crippen molar-refractivity contribution >= 4 is 11.0 Å². The highest BCUT2D eigenvalue weighted by atomic mass is 16.3. The largest absolute Gasteiger partial charge is 0.459 e. The van der Waals surface area contributed by atoms with Gasteiger partial charge in [-0.2, -0.15) is 0 Å². The summed E-state index contributed by atoms with van der Waals surface area (Å²) in [5, 5.41) is 4.29. The predicted molar refractivity (Wildman–Crippen MR) is 83.5 cm³/mol. The molecule has 1 N–H and O–H groups in total. The van der Waals surface area contributed by atoms with E-state index in [0.29, 0.717) is 6.54 Å². The number of hydrogen-bond acceptors (Lipinski definition) is 3. The predicted octanol–water partition coefficient (Wildman–Crippen LogP) is 2.86. The van der Waals surface area contributed by atoms with Crippen LogP contribution in [0, 0.1) is 6.92 Å². The number of hydrogen-bond donors (Lipinski definition) is 1. The molecule has 1 unspecified atom stereocenters. The van der Waals surface area contributed by atoms with Crippen LogP contribution in [0.5, 0.6) is 0 Å². The fourth-order valence-electron chi connectivity index (χ4n) is 2.45. The lowest BCUT2D eigenvalue weighted by Crippen LogP contribution is -2.27. The highest BCUT2D eigenvalue weighted by Gasteiger charge is 2.15. The first-order valence-corrected chi connectivity index (χ1v) is 7.00. The zero-order chi connectivity index (χ0) is 14.8. The number of fused-ring (bicyclic) bond motifs is 1. The standard InChI is InChI=1S/C17H18N2O2/c1-12-7-8-19(17(20)9-12)11-14(18-2)16-10-13-5-3-4-6-15(13)21-16/h3-10,14,18H,11H2,1-2H3. The lowest BCUT2D eigenvalue weighted by molar-refractivity contribution is 0.406. The molecule has 0 aliphatic heterocycles. The van der Waals surface area contributed by atoms with Crippen LogP contribution in [0.25, 0.3) is 11.0 Å². The van der Waals surface area contributed by atoms with Gasteiger partial charge in [-0.3, -0.25) is 4.79 Å². The summed E-state index contributed by atoms with van der Waals surface area (Å²) in [6, 6.07) is 13.5. The Labute approximate surface area is 123 Å². The Kier molecular flexibility index (Phi) is 3.62. The lowest BCUT2D eigenvalue weighted by Gasteiger charge is -2.15. The van der Waals surface area contributed by atoms with E-state index in [0.717, 1.165) is 22.3 Å². The van der Waals surface area contributed by atoms with Crippen LogP contribution in [0.2, 0.25) is 0 Å². The number of furan rings is 1. The Bertz CT molecular complexity index is 784. The third-order valence-electron chi connectivity index (χ3n) is 3.67. The van der Waals surface area contributed by atoms with Gasteiger partial charge < -0.3 is 14.3 Å². The van der Waals surface area contributed by atoms with Crippen molar-refractivity contribution in [3.05, 3.63) is 70.3 Å². The molecule has 0 spiro atoms. The van der Waals surface area contributed by atoms with Gasteiger partial charge in [0.25, 0.3) is 5.56 Å². The first kappa shape index (κ1) is 13.6. The maximum absolute atomic E-state index is 12.0. The number of rotatable bonds is 4. The number of benzene rings is 1. The van der Waals surface area contributed by atoms with Crippen molar-refractivity contribution in [2.24, 2.45) is 0 Å². The number of nitrogens with one attached hydrogen (secondary N) is 1. The van der Waals surface area contributed by atoms with Gasteiger partial charge in [-0.25, -0.2) is 0 Å². The summed E-state index contributed by atoms with van der Waals surface area (Å²) >= 11 is 0. The third-order valence-corrected chi connectivity index (χ3v) is 3.67. The van der Waals surface area contributed by atoms with Gasteiger partial charge in [-0.05, 0) is 37.7 Å². The minimum absolute atomic E-state index is 0.00589. The van der Waals surface area contributed by atoms with Crippen LogP contribution in [0.4, 0.5) is 0 Å². The van der Waals surface area contributed by atoms with E-state index in [1.807, 2.05) is 56.6 Å². The monoisotopic (exact) mass is 282 g/mol. The molecule has 0 amide bonds. The van der Waals surface area contributed by atoms with Crippen molar-refractivity contribution in [3.63, 3.8) is 0 Å². The molecule has 2 aromatic heterocycles. The molecule has 0 radical (unpaired) electrons. The van der Waals surface area contributed by atoms with Crippen LogP contribution < -0.4 is 10.9 Å². The summed E-state index contributed by atoms with van der Waals surface area (Å²) in [5.41, 5.74) is 1.84. The van der Waals surface area contributed by atoms with Gasteiger partial charge in [-0.15, -0.1) is 0 Å². The Morgan fingerprint density at radius 2 is 2.05 bits per heavy atom. The first-order valence-electron chi connectivity index (χ1n) is 7.00. The number of likely N-dealkylation sites (N-methyl/N-ethyl adjacent to an activating group) is 1. The molecule has 0 bridgehead atoms. The zero-order valence-corrected chi connectivity index (χ0v) is 12.2. The van der Waals surface area contributed by atoms with E-state index in [1.165, 1.54) is 0 Å². The molecular weight excluding hydrogens is 264 g/mol. The van der Waals surface area contributed by atoms with E-state index in [9.17, 15) is 4.79 Å². The molecule has 1 aromatic carbocycles. The van der Waals surface area contributed by atoms with Gasteiger partial charge >= 0.3 is 0 Å². The van der Waals surface area contributed by atoms with E-state index in [4.69, 9.17) is 4.42 Å². The fourth-order valence-corrected chi connectivity index (χ4v) is 2.45. The van der Waals surface area contributed by atoms with Crippen molar-refractivity contribution in [3.8, 4) is 0 Å². The average Bonchev–Trinajstić information content (AvgIpc) is 2.90. The van der Waals surface area contributed by atoms with Crippen LogP contribution >= 0.6 is 0 Å². The van der Waals surface area contributed by atoms with Gasteiger partial charge in [-0.1, -0.05) is 18.2 Å². The van der Waals surface area contributed by atoms with Gasteiger partial charge in [0, 0.05) is 24.2 Å². The van der Waals surface area contributed by atoms with Crippen LogP contribution in [0.15, 0.2) is 57.9 Å². The van der Waals surface area contributed by atoms with E-state index < -0.39 is 0 Å². The van der Waals surface area contributed by atoms with E-state index in [-0.39, 0.29) is 11.6 Å². The topological polar surface area (TPSA) is 47.2 Å². The van der Waals surface area contributed by atoms with E-state index >= 15 is 0 Å². The average molecular weight is 282 g/mol. The van der Waals surface area contributed by atoms with Gasteiger partial charge in [0.2, 0.25) is 0 Å². The first-order chi connectivity index (χ1) is 10.2. The zero-order valence-electron chi connectivity index (χ0n) is 12.2. The molecule has 0 aliphatic carbocycles. The molecule has 0 fully saturated rings.